The quantitative estimate of drug-likeness (QED) is 0.156. The topological polar surface area (TPSA) is 217 Å². The number of nitrogens with two attached hydrogens (primary N) is 1. The van der Waals surface area contributed by atoms with Gasteiger partial charge in [0, 0.05) is 24.1 Å². The van der Waals surface area contributed by atoms with Crippen LogP contribution in [0.4, 0.5) is 0 Å². The van der Waals surface area contributed by atoms with Crippen molar-refractivity contribution in [1.29, 1.82) is 0 Å². The largest absolute Gasteiger partial charge is 0.481 e. The number of amides is 3. The van der Waals surface area contributed by atoms with E-state index in [1.165, 1.54) is 19.4 Å². The average molecular weight is 444 g/mol. The van der Waals surface area contributed by atoms with Crippen LogP contribution in [-0.2, 0) is 30.4 Å². The fourth-order valence-electron chi connectivity index (χ4n) is 2.25. The van der Waals surface area contributed by atoms with Crippen LogP contribution in [-0.4, -0.2) is 79.8 Å². The first-order valence-corrected chi connectivity index (χ1v) is 9.37. The Labute approximate surface area is 176 Å². The summed E-state index contributed by atoms with van der Waals surface area (Å²) in [6, 6.07) is -4.94. The number of aliphatic carboxylic acids is 2. The zero-order valence-electron chi connectivity index (χ0n) is 16.0. The number of aromatic amines is 1. The predicted molar refractivity (Wildman–Crippen MR) is 105 cm³/mol. The van der Waals surface area contributed by atoms with Crippen LogP contribution in [0.25, 0.3) is 0 Å². The van der Waals surface area contributed by atoms with Gasteiger partial charge in [0.15, 0.2) is 0 Å². The van der Waals surface area contributed by atoms with Crippen molar-refractivity contribution in [2.75, 3.05) is 5.75 Å². The van der Waals surface area contributed by atoms with E-state index in [2.05, 4.69) is 38.5 Å². The molecule has 0 aliphatic carbocycles. The molecule has 1 rings (SSSR count). The molecule has 13 nitrogen and oxygen atoms in total. The normalized spacial score (nSPS) is 14.6. The Kier molecular flexibility index (Phi) is 9.77. The Morgan fingerprint density at radius 2 is 1.73 bits per heavy atom. The molecule has 0 fully saturated rings. The van der Waals surface area contributed by atoms with E-state index in [9.17, 15) is 29.1 Å². The highest BCUT2D eigenvalue weighted by atomic mass is 32.1. The number of nitrogens with one attached hydrogen (secondary N) is 4. The number of carboxylic acid groups (broad SMARTS) is 2. The molecule has 0 radical (unpaired) electrons. The summed E-state index contributed by atoms with van der Waals surface area (Å²) in [7, 11) is 0. The molecule has 0 aliphatic rings. The van der Waals surface area contributed by atoms with Crippen LogP contribution in [0.1, 0.15) is 19.0 Å². The lowest BCUT2D eigenvalue weighted by Crippen LogP contribution is -2.57. The number of aromatic nitrogens is 2. The molecule has 0 aliphatic heterocycles. The summed E-state index contributed by atoms with van der Waals surface area (Å²) in [5.41, 5.74) is 5.91. The van der Waals surface area contributed by atoms with E-state index in [4.69, 9.17) is 10.8 Å². The second-order valence-electron chi connectivity index (χ2n) is 6.36. The lowest BCUT2D eigenvalue weighted by Gasteiger charge is -2.22. The van der Waals surface area contributed by atoms with Crippen LogP contribution in [0.2, 0.25) is 0 Å². The van der Waals surface area contributed by atoms with Crippen molar-refractivity contribution >= 4 is 42.3 Å². The summed E-state index contributed by atoms with van der Waals surface area (Å²) in [6.45, 7) is 1.31. The number of nitrogens with zero attached hydrogens (tertiary/aromatic N) is 1. The van der Waals surface area contributed by atoms with Gasteiger partial charge >= 0.3 is 11.9 Å². The van der Waals surface area contributed by atoms with E-state index in [0.717, 1.165) is 0 Å². The van der Waals surface area contributed by atoms with Crippen molar-refractivity contribution in [2.24, 2.45) is 5.73 Å². The first-order chi connectivity index (χ1) is 14.0. The third-order valence-corrected chi connectivity index (χ3v) is 4.26. The van der Waals surface area contributed by atoms with Crippen molar-refractivity contribution in [2.45, 2.75) is 43.9 Å². The molecule has 0 bridgehead atoms. The lowest BCUT2D eigenvalue weighted by molar-refractivity contribution is -0.142. The Balaban J connectivity index is 2.66. The van der Waals surface area contributed by atoms with Gasteiger partial charge in [0.05, 0.1) is 18.8 Å². The summed E-state index contributed by atoms with van der Waals surface area (Å²) < 4.78 is 0. The number of carboxylic acids is 2. The van der Waals surface area contributed by atoms with Crippen LogP contribution in [0, 0.1) is 0 Å². The molecule has 1 aromatic heterocycles. The van der Waals surface area contributed by atoms with Gasteiger partial charge in [-0.25, -0.2) is 9.78 Å². The maximum Gasteiger partial charge on any atom is 0.326 e. The summed E-state index contributed by atoms with van der Waals surface area (Å²) in [5, 5.41) is 24.8. The van der Waals surface area contributed by atoms with Crippen molar-refractivity contribution in [1.82, 2.24) is 25.9 Å². The highest BCUT2D eigenvalue weighted by Crippen LogP contribution is 2.01. The van der Waals surface area contributed by atoms with Crippen LogP contribution in [0.3, 0.4) is 0 Å². The van der Waals surface area contributed by atoms with Gasteiger partial charge in [-0.05, 0) is 6.92 Å². The third-order valence-electron chi connectivity index (χ3n) is 3.89. The van der Waals surface area contributed by atoms with Crippen molar-refractivity contribution in [3.63, 3.8) is 0 Å². The smallest absolute Gasteiger partial charge is 0.326 e. The fraction of sp³-hybridized carbons (Fsp3) is 0.500. The number of thiol groups is 1. The van der Waals surface area contributed by atoms with Gasteiger partial charge in [-0.2, -0.15) is 12.6 Å². The minimum atomic E-state index is -1.35. The van der Waals surface area contributed by atoms with Gasteiger partial charge in [-0.15, -0.1) is 0 Å². The molecule has 1 heterocycles. The van der Waals surface area contributed by atoms with E-state index in [-0.39, 0.29) is 12.2 Å². The summed E-state index contributed by atoms with van der Waals surface area (Å²) in [4.78, 5) is 64.9. The second-order valence-corrected chi connectivity index (χ2v) is 6.72. The SMILES string of the molecule is C[C@H](NC(=O)[C@@H](N)CC(=O)O)C(=O)N[C@@H](CS)C(=O)N[C@@H](Cc1cnc[nH]1)C(=O)O. The molecule has 1 aromatic rings. The van der Waals surface area contributed by atoms with Gasteiger partial charge in [-0.1, -0.05) is 0 Å². The molecule has 0 aromatic carbocycles. The molecule has 14 heteroatoms. The van der Waals surface area contributed by atoms with Crippen LogP contribution < -0.4 is 21.7 Å². The van der Waals surface area contributed by atoms with Crippen LogP contribution in [0.15, 0.2) is 12.5 Å². The molecule has 0 unspecified atom stereocenters. The molecule has 0 spiro atoms. The van der Waals surface area contributed by atoms with Crippen LogP contribution >= 0.6 is 12.6 Å². The van der Waals surface area contributed by atoms with Gasteiger partial charge in [0.2, 0.25) is 17.7 Å². The minimum Gasteiger partial charge on any atom is -0.481 e. The molecule has 166 valence electrons. The van der Waals surface area contributed by atoms with Gasteiger partial charge in [0.1, 0.15) is 18.1 Å². The Morgan fingerprint density at radius 3 is 2.23 bits per heavy atom. The van der Waals surface area contributed by atoms with Crippen molar-refractivity contribution in [3.05, 3.63) is 18.2 Å². The molecule has 8 N–H and O–H groups in total. The standard InChI is InChI=1S/C16H24N6O7S/c1-7(20-14(26)9(17)3-12(23)24)13(25)22-11(5-30)15(27)21-10(16(28)29)2-8-4-18-6-19-8/h4,6-7,9-11,30H,2-3,5,17H2,1H3,(H,18,19)(H,20,26)(H,21,27)(H,22,25)(H,23,24)(H,28,29)/t7-,9-,10-,11-/m0/s1. The average Bonchev–Trinajstić information content (AvgIpc) is 3.17. The van der Waals surface area contributed by atoms with Gasteiger partial charge in [-0.3, -0.25) is 19.2 Å². The Morgan fingerprint density at radius 1 is 1.10 bits per heavy atom. The fourth-order valence-corrected chi connectivity index (χ4v) is 2.50. The summed E-state index contributed by atoms with van der Waals surface area (Å²) in [6.07, 6.45) is 2.11. The summed E-state index contributed by atoms with van der Waals surface area (Å²) >= 11 is 3.99. The molecule has 3 amide bonds. The number of H-pyrrole nitrogens is 1. The van der Waals surface area contributed by atoms with E-state index in [1.807, 2.05) is 0 Å². The highest BCUT2D eigenvalue weighted by Gasteiger charge is 2.28. The maximum atomic E-state index is 12.4. The number of hydrogen-bond acceptors (Lipinski definition) is 8. The lowest BCUT2D eigenvalue weighted by atomic mass is 10.1. The van der Waals surface area contributed by atoms with Crippen LogP contribution in [0.5, 0.6) is 0 Å². The third kappa shape index (κ3) is 8.08. The first-order valence-electron chi connectivity index (χ1n) is 8.74. The Bertz CT molecular complexity index is 772. The maximum absolute atomic E-state index is 12.4. The predicted octanol–water partition coefficient (Wildman–Crippen LogP) is -2.76. The molecule has 30 heavy (non-hydrogen) atoms. The number of rotatable bonds is 12. The minimum absolute atomic E-state index is 0.0533. The second kappa shape index (κ2) is 11.8. The summed E-state index contributed by atoms with van der Waals surface area (Å²) in [5.74, 6) is -5.10. The van der Waals surface area contributed by atoms with E-state index < -0.39 is 60.2 Å². The highest BCUT2D eigenvalue weighted by molar-refractivity contribution is 7.80. The van der Waals surface area contributed by atoms with E-state index in [1.54, 1.807) is 0 Å². The monoisotopic (exact) mass is 444 g/mol. The molecule has 0 saturated heterocycles. The van der Waals surface area contributed by atoms with Crippen molar-refractivity contribution in [3.8, 4) is 0 Å². The number of carbonyl (C=O) groups excluding carboxylic acids is 3. The molecular formula is C16H24N6O7S. The molecule has 4 atom stereocenters. The number of imidazole rings is 1. The Hall–Kier alpha value is -3.13. The zero-order chi connectivity index (χ0) is 22.8. The molecule has 0 saturated carbocycles. The number of hydrogen-bond donors (Lipinski definition) is 8. The number of carbonyl (C=O) groups is 5. The molecular weight excluding hydrogens is 420 g/mol. The van der Waals surface area contributed by atoms with Crippen molar-refractivity contribution < 1.29 is 34.2 Å². The van der Waals surface area contributed by atoms with Gasteiger partial charge < -0.3 is 36.9 Å². The first kappa shape index (κ1) is 24.9. The van der Waals surface area contributed by atoms with Gasteiger partial charge in [0.25, 0.3) is 0 Å². The zero-order valence-corrected chi connectivity index (χ0v) is 16.9. The van der Waals surface area contributed by atoms with E-state index >= 15 is 0 Å². The van der Waals surface area contributed by atoms with E-state index in [0.29, 0.717) is 5.69 Å².